The number of aryl methyl sites for hydroxylation is 6. The van der Waals surface area contributed by atoms with E-state index in [4.69, 9.17) is 0 Å². The van der Waals surface area contributed by atoms with Gasteiger partial charge in [-0.15, -0.1) is 0 Å². The van der Waals surface area contributed by atoms with Crippen molar-refractivity contribution >= 4 is 43.6 Å². The number of benzene rings is 8. The van der Waals surface area contributed by atoms with Crippen molar-refractivity contribution < 1.29 is 26.3 Å². The Morgan fingerprint density at radius 3 is 1.26 bits per heavy atom. The first-order valence-electron chi connectivity index (χ1n) is 21.5. The van der Waals surface area contributed by atoms with Crippen molar-refractivity contribution in [3.05, 3.63) is 190 Å². The summed E-state index contributed by atoms with van der Waals surface area (Å²) in [5.74, 6) is 0. The first-order valence-corrected chi connectivity index (χ1v) is 21.5. The van der Waals surface area contributed by atoms with Crippen LogP contribution in [0.2, 0.25) is 0 Å². The van der Waals surface area contributed by atoms with Crippen molar-refractivity contribution in [3.63, 3.8) is 0 Å². The largest absolute Gasteiger partial charge is 0.417 e. The van der Waals surface area contributed by atoms with E-state index in [0.717, 1.165) is 77.2 Å². The van der Waals surface area contributed by atoms with Gasteiger partial charge in [0.1, 0.15) is 0 Å². The minimum Gasteiger partial charge on any atom is -0.308 e. The molecule has 0 spiro atoms. The highest BCUT2D eigenvalue weighted by Crippen LogP contribution is 2.49. The Hall–Kier alpha value is -7.57. The minimum absolute atomic E-state index is 0.101. The number of nitriles is 1. The Morgan fingerprint density at radius 1 is 0.424 bits per heavy atom. The Morgan fingerprint density at radius 2 is 0.848 bits per heavy atom. The molecule has 2 aromatic heterocycles. The lowest BCUT2D eigenvalue weighted by molar-refractivity contribution is -0.141. The van der Waals surface area contributed by atoms with Gasteiger partial charge in [0.25, 0.3) is 0 Å². The molecule has 0 amide bonds. The SMILES string of the molecule is Cc1cc(C)c(-c2ccc3c4ccccc4n(-c4cc(C#N)cc(-n5c6ccccc6c6ccc(-c7c(C)cc(C)cc7C)cc65)c4-c4cc(C(F)(F)F)ccc4C(F)(F)F)c3c2)c(C)c1. The number of halogens is 6. The second-order valence-electron chi connectivity index (χ2n) is 17.5. The second-order valence-corrected chi connectivity index (χ2v) is 17.5. The quantitative estimate of drug-likeness (QED) is 0.159. The van der Waals surface area contributed by atoms with E-state index in [0.29, 0.717) is 40.3 Å². The molecule has 0 unspecified atom stereocenters. The van der Waals surface area contributed by atoms with Crippen LogP contribution in [0.4, 0.5) is 26.3 Å². The van der Waals surface area contributed by atoms with Gasteiger partial charge in [0.15, 0.2) is 0 Å². The highest BCUT2D eigenvalue weighted by atomic mass is 19.4. The molecule has 0 N–H and O–H groups in total. The lowest BCUT2D eigenvalue weighted by Crippen LogP contribution is -2.13. The first-order chi connectivity index (χ1) is 31.4. The van der Waals surface area contributed by atoms with Crippen LogP contribution in [0, 0.1) is 52.9 Å². The predicted molar refractivity (Wildman–Crippen MR) is 255 cm³/mol. The molecule has 0 saturated heterocycles. The Bertz CT molecular complexity index is 3460. The van der Waals surface area contributed by atoms with Gasteiger partial charge in [0, 0.05) is 27.1 Å². The van der Waals surface area contributed by atoms with Crippen LogP contribution in [0.5, 0.6) is 0 Å². The molecule has 326 valence electrons. The summed E-state index contributed by atoms with van der Waals surface area (Å²) in [5.41, 5.74) is 9.44. The zero-order chi connectivity index (χ0) is 46.6. The van der Waals surface area contributed by atoms with Crippen molar-refractivity contribution in [3.8, 4) is 50.8 Å². The molecule has 0 bridgehead atoms. The van der Waals surface area contributed by atoms with Gasteiger partial charge >= 0.3 is 12.4 Å². The molecule has 0 aliphatic rings. The van der Waals surface area contributed by atoms with E-state index in [2.05, 4.69) is 30.3 Å². The van der Waals surface area contributed by atoms with Crippen LogP contribution in [-0.4, -0.2) is 9.13 Å². The summed E-state index contributed by atoms with van der Waals surface area (Å²) in [6.45, 7) is 12.2. The zero-order valence-corrected chi connectivity index (χ0v) is 36.9. The molecule has 10 aromatic rings. The Balaban J connectivity index is 1.42. The van der Waals surface area contributed by atoms with Gasteiger partial charge in [-0.25, -0.2) is 0 Å². The number of alkyl halides is 6. The maximum Gasteiger partial charge on any atom is 0.417 e. The van der Waals surface area contributed by atoms with E-state index in [9.17, 15) is 18.4 Å². The van der Waals surface area contributed by atoms with Crippen LogP contribution in [0.15, 0.2) is 140 Å². The van der Waals surface area contributed by atoms with Crippen LogP contribution < -0.4 is 0 Å². The first kappa shape index (κ1) is 42.4. The molecule has 66 heavy (non-hydrogen) atoms. The Labute approximate surface area is 377 Å². The fraction of sp³-hybridized carbons (Fsp3) is 0.140. The summed E-state index contributed by atoms with van der Waals surface area (Å²) < 4.78 is 95.1. The van der Waals surface area contributed by atoms with E-state index in [1.807, 2.05) is 136 Å². The molecule has 0 saturated carbocycles. The fourth-order valence-electron chi connectivity index (χ4n) is 10.5. The monoisotopic (exact) mass is 881 g/mol. The van der Waals surface area contributed by atoms with Crippen molar-refractivity contribution in [1.82, 2.24) is 9.13 Å². The molecule has 0 fully saturated rings. The van der Waals surface area contributed by atoms with Crippen LogP contribution >= 0.6 is 0 Å². The number of fused-ring (bicyclic) bond motifs is 6. The third-order valence-corrected chi connectivity index (χ3v) is 12.9. The number of hydrogen-bond donors (Lipinski definition) is 0. The van der Waals surface area contributed by atoms with E-state index in [1.165, 1.54) is 12.1 Å². The summed E-state index contributed by atoms with van der Waals surface area (Å²) in [4.78, 5) is 0. The van der Waals surface area contributed by atoms with Gasteiger partial charge in [0.2, 0.25) is 0 Å². The standard InChI is InChI=1S/C57H41F6N3/c1-31-21-33(3)53(34(4)22-31)38-15-18-43-41-11-7-9-13-47(41)65(49(43)27-38)51-25-37(30-64)26-52(55(51)45-29-40(56(58,59)60)17-20-46(45)57(61,62)63)66-48-14-10-8-12-42(48)44-19-16-39(28-50(44)66)54-35(5)23-32(2)24-36(54)6/h7-29H,1-6H3. The molecular formula is C57H41F6N3. The molecule has 0 radical (unpaired) electrons. The van der Waals surface area contributed by atoms with Gasteiger partial charge in [-0.2, -0.15) is 31.6 Å². The van der Waals surface area contributed by atoms with E-state index in [-0.39, 0.29) is 22.5 Å². The van der Waals surface area contributed by atoms with Gasteiger partial charge in [-0.3, -0.25) is 0 Å². The molecule has 8 aromatic carbocycles. The molecule has 0 aliphatic heterocycles. The lowest BCUT2D eigenvalue weighted by Gasteiger charge is -2.24. The van der Waals surface area contributed by atoms with Crippen molar-refractivity contribution in [2.24, 2.45) is 0 Å². The maximum atomic E-state index is 15.6. The lowest BCUT2D eigenvalue weighted by atomic mass is 9.91. The van der Waals surface area contributed by atoms with E-state index in [1.54, 1.807) is 0 Å². The third-order valence-electron chi connectivity index (χ3n) is 12.9. The average Bonchev–Trinajstić information content (AvgIpc) is 3.76. The van der Waals surface area contributed by atoms with Gasteiger partial charge in [-0.1, -0.05) is 96.1 Å². The van der Waals surface area contributed by atoms with Gasteiger partial charge in [-0.05, 0) is 146 Å². The fourth-order valence-corrected chi connectivity index (χ4v) is 10.5. The molecule has 10 rings (SSSR count). The number of aromatic nitrogens is 2. The summed E-state index contributed by atoms with van der Waals surface area (Å²) in [5, 5.41) is 14.0. The maximum absolute atomic E-state index is 15.6. The van der Waals surface area contributed by atoms with Gasteiger partial charge in [0.05, 0.1) is 56.2 Å². The molecule has 0 aliphatic carbocycles. The molecule has 0 atom stereocenters. The third kappa shape index (κ3) is 6.82. The highest BCUT2D eigenvalue weighted by molar-refractivity contribution is 6.13. The summed E-state index contributed by atoms with van der Waals surface area (Å²) >= 11 is 0. The minimum atomic E-state index is -5.08. The molecule has 9 heteroatoms. The predicted octanol–water partition coefficient (Wildman–Crippen LogP) is 16.6. The Kier molecular flexibility index (Phi) is 9.81. The summed E-state index contributed by atoms with van der Waals surface area (Å²) in [6, 6.07) is 42.1. The highest BCUT2D eigenvalue weighted by Gasteiger charge is 2.39. The summed E-state index contributed by atoms with van der Waals surface area (Å²) in [6.07, 6.45) is -10.1. The molecule has 2 heterocycles. The van der Waals surface area contributed by atoms with E-state index < -0.39 is 29.0 Å². The van der Waals surface area contributed by atoms with Crippen molar-refractivity contribution in [2.45, 2.75) is 53.9 Å². The molecular weight excluding hydrogens is 841 g/mol. The van der Waals surface area contributed by atoms with Crippen LogP contribution in [0.25, 0.3) is 88.4 Å². The zero-order valence-electron chi connectivity index (χ0n) is 36.9. The van der Waals surface area contributed by atoms with Crippen molar-refractivity contribution in [1.29, 1.82) is 5.26 Å². The normalized spacial score (nSPS) is 12.2. The topological polar surface area (TPSA) is 33.6 Å². The average molecular weight is 882 g/mol. The van der Waals surface area contributed by atoms with Gasteiger partial charge < -0.3 is 9.13 Å². The summed E-state index contributed by atoms with van der Waals surface area (Å²) in [7, 11) is 0. The smallest absolute Gasteiger partial charge is 0.308 e. The number of hydrogen-bond acceptors (Lipinski definition) is 1. The number of nitrogens with zero attached hydrogens (tertiary/aromatic N) is 3. The van der Waals surface area contributed by atoms with Crippen molar-refractivity contribution in [2.75, 3.05) is 0 Å². The van der Waals surface area contributed by atoms with Crippen LogP contribution in [0.3, 0.4) is 0 Å². The molecule has 3 nitrogen and oxygen atoms in total. The number of rotatable bonds is 5. The second kappa shape index (κ2) is 15.3. The van der Waals surface area contributed by atoms with Crippen LogP contribution in [0.1, 0.15) is 50.1 Å². The van der Waals surface area contributed by atoms with E-state index >= 15 is 13.2 Å². The van der Waals surface area contributed by atoms with Crippen LogP contribution in [-0.2, 0) is 12.4 Å². The number of para-hydroxylation sites is 2.